The maximum absolute atomic E-state index is 13.1. The van der Waals surface area contributed by atoms with Gasteiger partial charge in [0.05, 0.1) is 24.7 Å². The van der Waals surface area contributed by atoms with E-state index in [9.17, 15) is 4.79 Å². The van der Waals surface area contributed by atoms with Crippen LogP contribution in [0.25, 0.3) is 0 Å². The summed E-state index contributed by atoms with van der Waals surface area (Å²) in [6.45, 7) is 2.80. The van der Waals surface area contributed by atoms with Crippen molar-refractivity contribution in [2.24, 2.45) is 5.41 Å². The number of ether oxygens (including phenoxy) is 1. The Morgan fingerprint density at radius 1 is 1.23 bits per heavy atom. The van der Waals surface area contributed by atoms with E-state index in [1.54, 1.807) is 6.20 Å². The molecule has 2 aromatic rings. The van der Waals surface area contributed by atoms with E-state index < -0.39 is 0 Å². The number of carbonyl (C=O) groups is 1. The highest BCUT2D eigenvalue weighted by Crippen LogP contribution is 2.48. The first-order valence-electron chi connectivity index (χ1n) is 9.68. The summed E-state index contributed by atoms with van der Waals surface area (Å²) >= 11 is 0. The summed E-state index contributed by atoms with van der Waals surface area (Å²) in [7, 11) is 0. The van der Waals surface area contributed by atoms with Crippen molar-refractivity contribution < 1.29 is 9.53 Å². The molecule has 1 aromatic carbocycles. The topological polar surface area (TPSA) is 47.4 Å². The van der Waals surface area contributed by atoms with E-state index in [0.717, 1.165) is 45.2 Å². The fourth-order valence-electron chi connectivity index (χ4n) is 3.89. The van der Waals surface area contributed by atoms with Crippen molar-refractivity contribution in [3.05, 3.63) is 54.4 Å². The molecule has 5 heteroatoms. The molecule has 1 aliphatic carbocycles. The highest BCUT2D eigenvalue weighted by molar-refractivity contribution is 5.85. The first-order valence-corrected chi connectivity index (χ1v) is 9.68. The molecule has 4 rings (SSSR count). The molecule has 0 spiro atoms. The highest BCUT2D eigenvalue weighted by atomic mass is 16.5. The molecule has 1 saturated heterocycles. The SMILES string of the molecule is O=C(N1CCO[C@H](CCCc2ccccc2)C1)C1(Cn2cccn2)CC1. The molecule has 1 amide bonds. The zero-order valence-corrected chi connectivity index (χ0v) is 15.2. The molecule has 1 aliphatic heterocycles. The van der Waals surface area contributed by atoms with Crippen molar-refractivity contribution >= 4 is 5.91 Å². The van der Waals surface area contributed by atoms with Gasteiger partial charge in [0.2, 0.25) is 5.91 Å². The van der Waals surface area contributed by atoms with Crippen molar-refractivity contribution in [2.45, 2.75) is 44.8 Å². The second kappa shape index (κ2) is 7.62. The van der Waals surface area contributed by atoms with Crippen LogP contribution in [0.3, 0.4) is 0 Å². The van der Waals surface area contributed by atoms with Crippen molar-refractivity contribution in [3.63, 3.8) is 0 Å². The standard InChI is InChI=1S/C21H27N3O2/c25-20(21(10-11-21)17-24-13-5-12-22-24)23-14-15-26-19(16-23)9-4-8-18-6-2-1-3-7-18/h1-3,5-7,12-13,19H,4,8-11,14-17H2/t19-/m1/s1. The molecule has 2 aliphatic rings. The molecule has 1 aromatic heterocycles. The Balaban J connectivity index is 1.28. The normalized spacial score (nSPS) is 21.5. The molecular weight excluding hydrogens is 326 g/mol. The van der Waals surface area contributed by atoms with Gasteiger partial charge in [-0.25, -0.2) is 0 Å². The molecular formula is C21H27N3O2. The van der Waals surface area contributed by atoms with Gasteiger partial charge in [-0.2, -0.15) is 5.10 Å². The zero-order chi connectivity index (χ0) is 17.8. The van der Waals surface area contributed by atoms with Crippen LogP contribution >= 0.6 is 0 Å². The van der Waals surface area contributed by atoms with Crippen LogP contribution in [0, 0.1) is 5.41 Å². The Hall–Kier alpha value is -2.14. The average Bonchev–Trinajstić information content (AvgIpc) is 3.27. The molecule has 0 unspecified atom stereocenters. The van der Waals surface area contributed by atoms with Crippen LogP contribution in [-0.2, 0) is 22.5 Å². The second-order valence-corrected chi connectivity index (χ2v) is 7.61. The van der Waals surface area contributed by atoms with Crippen molar-refractivity contribution in [1.82, 2.24) is 14.7 Å². The van der Waals surface area contributed by atoms with E-state index in [1.807, 2.05) is 27.9 Å². The number of rotatable bonds is 7. The molecule has 1 saturated carbocycles. The summed E-state index contributed by atoms with van der Waals surface area (Å²) < 4.78 is 7.82. The van der Waals surface area contributed by atoms with Gasteiger partial charge in [-0.1, -0.05) is 30.3 Å². The van der Waals surface area contributed by atoms with Crippen LogP contribution in [-0.4, -0.2) is 46.4 Å². The van der Waals surface area contributed by atoms with Gasteiger partial charge in [-0.05, 0) is 43.7 Å². The molecule has 2 fully saturated rings. The van der Waals surface area contributed by atoms with E-state index in [0.29, 0.717) is 19.1 Å². The maximum Gasteiger partial charge on any atom is 0.230 e. The van der Waals surface area contributed by atoms with Gasteiger partial charge >= 0.3 is 0 Å². The molecule has 138 valence electrons. The molecule has 5 nitrogen and oxygen atoms in total. The van der Waals surface area contributed by atoms with Crippen LogP contribution in [0.1, 0.15) is 31.2 Å². The number of hydrogen-bond donors (Lipinski definition) is 0. The molecule has 1 atom stereocenters. The Labute approximate surface area is 154 Å². The quantitative estimate of drug-likeness (QED) is 0.769. The lowest BCUT2D eigenvalue weighted by atomic mass is 10.0. The van der Waals surface area contributed by atoms with Gasteiger partial charge in [0.25, 0.3) is 0 Å². The molecule has 0 bridgehead atoms. The number of nitrogens with zero attached hydrogens (tertiary/aromatic N) is 3. The highest BCUT2D eigenvalue weighted by Gasteiger charge is 2.52. The predicted molar refractivity (Wildman–Crippen MR) is 99.6 cm³/mol. The predicted octanol–water partition coefficient (Wildman–Crippen LogP) is 2.91. The Bertz CT molecular complexity index is 710. The number of amides is 1. The van der Waals surface area contributed by atoms with Crippen molar-refractivity contribution in [2.75, 3.05) is 19.7 Å². The molecule has 26 heavy (non-hydrogen) atoms. The lowest BCUT2D eigenvalue weighted by Gasteiger charge is -2.35. The minimum atomic E-state index is -0.224. The third-order valence-electron chi connectivity index (χ3n) is 5.59. The van der Waals surface area contributed by atoms with Gasteiger partial charge in [-0.3, -0.25) is 9.48 Å². The third-order valence-corrected chi connectivity index (χ3v) is 5.59. The fraction of sp³-hybridized carbons (Fsp3) is 0.524. The Morgan fingerprint density at radius 2 is 2.08 bits per heavy atom. The average molecular weight is 353 g/mol. The third kappa shape index (κ3) is 3.98. The number of carbonyl (C=O) groups excluding carboxylic acids is 1. The van der Waals surface area contributed by atoms with Crippen LogP contribution in [0.2, 0.25) is 0 Å². The molecule has 0 N–H and O–H groups in total. The van der Waals surface area contributed by atoms with E-state index >= 15 is 0 Å². The summed E-state index contributed by atoms with van der Waals surface area (Å²) in [5.41, 5.74) is 1.14. The van der Waals surface area contributed by atoms with Crippen molar-refractivity contribution in [3.8, 4) is 0 Å². The van der Waals surface area contributed by atoms with Gasteiger partial charge < -0.3 is 9.64 Å². The summed E-state index contributed by atoms with van der Waals surface area (Å²) in [5.74, 6) is 0.296. The summed E-state index contributed by atoms with van der Waals surface area (Å²) in [6, 6.07) is 12.5. The van der Waals surface area contributed by atoms with E-state index in [1.165, 1.54) is 5.56 Å². The number of aryl methyl sites for hydroxylation is 1. The first-order chi connectivity index (χ1) is 12.8. The smallest absolute Gasteiger partial charge is 0.230 e. The monoisotopic (exact) mass is 353 g/mol. The number of hydrogen-bond acceptors (Lipinski definition) is 3. The summed E-state index contributed by atoms with van der Waals surface area (Å²) in [6.07, 6.45) is 9.00. The fourth-order valence-corrected chi connectivity index (χ4v) is 3.89. The maximum atomic E-state index is 13.1. The van der Waals surface area contributed by atoms with Crippen LogP contribution in [0.5, 0.6) is 0 Å². The van der Waals surface area contributed by atoms with Gasteiger partial charge in [-0.15, -0.1) is 0 Å². The van der Waals surface area contributed by atoms with Gasteiger partial charge in [0.1, 0.15) is 0 Å². The van der Waals surface area contributed by atoms with E-state index in [2.05, 4.69) is 29.4 Å². The van der Waals surface area contributed by atoms with Crippen LogP contribution in [0.15, 0.2) is 48.8 Å². The largest absolute Gasteiger partial charge is 0.375 e. The van der Waals surface area contributed by atoms with Gasteiger partial charge in [0, 0.05) is 25.5 Å². The van der Waals surface area contributed by atoms with Gasteiger partial charge in [0.15, 0.2) is 0 Å². The minimum Gasteiger partial charge on any atom is -0.375 e. The molecule has 0 radical (unpaired) electrons. The first kappa shape index (κ1) is 17.3. The van der Waals surface area contributed by atoms with Crippen LogP contribution < -0.4 is 0 Å². The van der Waals surface area contributed by atoms with E-state index in [-0.39, 0.29) is 11.5 Å². The van der Waals surface area contributed by atoms with Crippen LogP contribution in [0.4, 0.5) is 0 Å². The lowest BCUT2D eigenvalue weighted by Crippen LogP contribution is -2.49. The lowest BCUT2D eigenvalue weighted by molar-refractivity contribution is -0.145. The second-order valence-electron chi connectivity index (χ2n) is 7.61. The Kier molecular flexibility index (Phi) is 5.07. The number of aromatic nitrogens is 2. The molecule has 2 heterocycles. The minimum absolute atomic E-state index is 0.164. The van der Waals surface area contributed by atoms with E-state index in [4.69, 9.17) is 4.74 Å². The Morgan fingerprint density at radius 3 is 2.81 bits per heavy atom. The summed E-state index contributed by atoms with van der Waals surface area (Å²) in [4.78, 5) is 15.1. The summed E-state index contributed by atoms with van der Waals surface area (Å²) in [5, 5.41) is 4.27. The number of morpholine rings is 1. The van der Waals surface area contributed by atoms with Crippen molar-refractivity contribution in [1.29, 1.82) is 0 Å². The zero-order valence-electron chi connectivity index (χ0n) is 15.2. The number of benzene rings is 1.